The fourth-order valence-corrected chi connectivity index (χ4v) is 3.31. The third-order valence-electron chi connectivity index (χ3n) is 4.22. The van der Waals surface area contributed by atoms with Crippen LogP contribution in [0.2, 0.25) is 0 Å². The van der Waals surface area contributed by atoms with Gasteiger partial charge in [0.05, 0.1) is 0 Å². The van der Waals surface area contributed by atoms with Gasteiger partial charge in [0.2, 0.25) is 0 Å². The van der Waals surface area contributed by atoms with E-state index in [-0.39, 0.29) is 0 Å². The standard InChI is InChI=1S/C18H37O.H2O.O.Ti/c1-2-3-4-5-6-7-8-9-10-11-12-13-14-15-16-17-18-19;;;/h2-18H2,1H3;1H2;;/q-1;;;+2/p-1. The molecule has 0 aliphatic heterocycles. The van der Waals surface area contributed by atoms with Gasteiger partial charge in [-0.2, -0.15) is 0 Å². The van der Waals surface area contributed by atoms with Crippen LogP contribution in [0, 0.1) is 0 Å². The summed E-state index contributed by atoms with van der Waals surface area (Å²) in [6.45, 7) is 2.74. The molecule has 0 bridgehead atoms. The van der Waals surface area contributed by atoms with Crippen molar-refractivity contribution in [2.45, 2.75) is 110 Å². The molecule has 0 aromatic heterocycles. The zero-order valence-corrected chi connectivity index (χ0v) is 16.3. The summed E-state index contributed by atoms with van der Waals surface area (Å²) in [5.41, 5.74) is 0. The van der Waals surface area contributed by atoms with Gasteiger partial charge in [0.15, 0.2) is 0 Å². The summed E-state index contributed by atoms with van der Waals surface area (Å²) >= 11 is -3.25. The molecule has 0 aliphatic rings. The van der Waals surface area contributed by atoms with Crippen LogP contribution in [0.3, 0.4) is 0 Å². The quantitative estimate of drug-likeness (QED) is 0.242. The van der Waals surface area contributed by atoms with E-state index in [1.54, 1.807) is 0 Å². The average Bonchev–Trinajstić information content (AvgIpc) is 2.50. The van der Waals surface area contributed by atoms with Gasteiger partial charge in [-0.05, 0) is 0 Å². The molecule has 0 aromatic carbocycles. The van der Waals surface area contributed by atoms with Crippen molar-refractivity contribution in [3.05, 3.63) is 0 Å². The molecule has 0 unspecified atom stereocenters. The molecule has 0 aromatic rings. The summed E-state index contributed by atoms with van der Waals surface area (Å²) < 4.78 is 23.7. The molecular formula is C18H38O3Ti. The van der Waals surface area contributed by atoms with Crippen LogP contribution in [-0.2, 0) is 25.3 Å². The van der Waals surface area contributed by atoms with Gasteiger partial charge in [-0.25, -0.2) is 0 Å². The van der Waals surface area contributed by atoms with E-state index >= 15 is 0 Å². The molecule has 3 nitrogen and oxygen atoms in total. The van der Waals surface area contributed by atoms with Crippen LogP contribution in [0.1, 0.15) is 110 Å². The molecule has 4 heteroatoms. The Kier molecular flexibility index (Phi) is 19.9. The van der Waals surface area contributed by atoms with Crippen LogP contribution in [-0.4, -0.2) is 10.3 Å². The van der Waals surface area contributed by atoms with Crippen molar-refractivity contribution in [3.8, 4) is 0 Å². The zero-order valence-electron chi connectivity index (χ0n) is 14.8. The molecule has 1 N–H and O–H groups in total. The van der Waals surface area contributed by atoms with E-state index in [4.69, 9.17) is 7.01 Å². The fourth-order valence-electron chi connectivity index (χ4n) is 2.81. The van der Waals surface area contributed by atoms with Gasteiger partial charge < -0.3 is 0 Å². The first-order chi connectivity index (χ1) is 10.8. The molecule has 0 atom stereocenters. The molecule has 0 radical (unpaired) electrons. The average molecular weight is 350 g/mol. The van der Waals surface area contributed by atoms with E-state index in [2.05, 4.69) is 6.92 Å². The zero-order chi connectivity index (χ0) is 16.3. The molecule has 0 saturated carbocycles. The summed E-state index contributed by atoms with van der Waals surface area (Å²) in [6, 6.07) is 0. The Morgan fingerprint density at radius 2 is 0.955 bits per heavy atom. The molecule has 0 rings (SSSR count). The predicted octanol–water partition coefficient (Wildman–Crippen LogP) is 6.05. The first-order valence-electron chi connectivity index (χ1n) is 9.63. The van der Waals surface area contributed by atoms with Crippen molar-refractivity contribution in [1.82, 2.24) is 0 Å². The van der Waals surface area contributed by atoms with Crippen molar-refractivity contribution in [3.63, 3.8) is 0 Å². The van der Waals surface area contributed by atoms with Crippen LogP contribution >= 0.6 is 0 Å². The minimum absolute atomic E-state index is 0.466. The van der Waals surface area contributed by atoms with E-state index in [9.17, 15) is 3.32 Å². The van der Waals surface area contributed by atoms with Crippen molar-refractivity contribution in [2.24, 2.45) is 0 Å². The topological polar surface area (TPSA) is 46.5 Å². The van der Waals surface area contributed by atoms with Crippen molar-refractivity contribution >= 4 is 0 Å². The van der Waals surface area contributed by atoms with Crippen LogP contribution in [0.15, 0.2) is 0 Å². The van der Waals surface area contributed by atoms with Gasteiger partial charge in [-0.15, -0.1) is 0 Å². The second kappa shape index (κ2) is 19.5. The normalized spacial score (nSPS) is 11.0. The molecule has 0 aliphatic carbocycles. The first-order valence-corrected chi connectivity index (χ1v) is 11.6. The fraction of sp³-hybridized carbons (Fsp3) is 1.00. The number of rotatable bonds is 18. The van der Waals surface area contributed by atoms with Gasteiger partial charge >= 0.3 is 99.8 Å². The summed E-state index contributed by atoms with van der Waals surface area (Å²) in [7, 11) is 0. The molecular weight excluding hydrogens is 312 g/mol. The van der Waals surface area contributed by atoms with Crippen LogP contribution in [0.25, 0.3) is 0 Å². The SMILES string of the molecule is CCCCCCCCCCCCCCCCCC[O][Ti](=[O])[OH]. The Hall–Kier alpha value is 0.434. The van der Waals surface area contributed by atoms with Crippen LogP contribution in [0.4, 0.5) is 0 Å². The molecule has 0 amide bonds. The van der Waals surface area contributed by atoms with Gasteiger partial charge in [0.1, 0.15) is 0 Å². The summed E-state index contributed by atoms with van der Waals surface area (Å²) in [4.78, 5) is 0. The van der Waals surface area contributed by atoms with E-state index in [1.165, 1.54) is 89.9 Å². The van der Waals surface area contributed by atoms with E-state index in [1.807, 2.05) is 0 Å². The maximum atomic E-state index is 10.4. The van der Waals surface area contributed by atoms with Crippen molar-refractivity contribution in [1.29, 1.82) is 0 Å². The predicted molar refractivity (Wildman–Crippen MR) is 88.4 cm³/mol. The Bertz CT molecular complexity index is 234. The van der Waals surface area contributed by atoms with Gasteiger partial charge in [0.25, 0.3) is 0 Å². The van der Waals surface area contributed by atoms with E-state index in [0.29, 0.717) is 6.61 Å². The Balaban J connectivity index is 2.95. The van der Waals surface area contributed by atoms with E-state index in [0.717, 1.165) is 12.8 Å². The van der Waals surface area contributed by atoms with Gasteiger partial charge in [-0.3, -0.25) is 0 Å². The Labute approximate surface area is 145 Å². The molecule has 0 saturated heterocycles. The van der Waals surface area contributed by atoms with Gasteiger partial charge in [-0.1, -0.05) is 45.4 Å². The summed E-state index contributed by atoms with van der Waals surface area (Å²) in [6.07, 6.45) is 21.5. The third kappa shape index (κ3) is 20.4. The number of unbranched alkanes of at least 4 members (excludes halogenated alkanes) is 15. The second-order valence-corrected chi connectivity index (χ2v) is 7.70. The summed E-state index contributed by atoms with van der Waals surface area (Å²) in [5.74, 6) is 0. The van der Waals surface area contributed by atoms with Crippen LogP contribution < -0.4 is 0 Å². The minimum atomic E-state index is -3.25. The monoisotopic (exact) mass is 350 g/mol. The van der Waals surface area contributed by atoms with E-state index < -0.39 is 18.6 Å². The Morgan fingerprint density at radius 1 is 0.636 bits per heavy atom. The summed E-state index contributed by atoms with van der Waals surface area (Å²) in [5, 5.41) is 0. The number of hydrogen-bond donors (Lipinski definition) is 1. The van der Waals surface area contributed by atoms with Crippen LogP contribution in [0.5, 0.6) is 0 Å². The third-order valence-corrected chi connectivity index (χ3v) is 4.93. The molecule has 132 valence electrons. The van der Waals surface area contributed by atoms with Crippen molar-refractivity contribution < 1.29 is 28.9 Å². The molecule has 22 heavy (non-hydrogen) atoms. The Morgan fingerprint density at radius 3 is 1.27 bits per heavy atom. The van der Waals surface area contributed by atoms with Gasteiger partial charge in [0, 0.05) is 0 Å². The molecule has 0 fully saturated rings. The molecule has 0 heterocycles. The second-order valence-electron chi connectivity index (χ2n) is 6.42. The maximum absolute atomic E-state index is 10.4. The van der Waals surface area contributed by atoms with Crippen molar-refractivity contribution in [2.75, 3.05) is 6.61 Å². The molecule has 0 spiro atoms. The number of hydrogen-bond acceptors (Lipinski definition) is 2. The first kappa shape index (κ1) is 22.4.